The summed E-state index contributed by atoms with van der Waals surface area (Å²) in [4.78, 5) is 18.9. The van der Waals surface area contributed by atoms with Crippen LogP contribution in [-0.2, 0) is 0 Å². The van der Waals surface area contributed by atoms with Crippen LogP contribution in [0.2, 0.25) is 0 Å². The maximum atomic E-state index is 12.3. The molecule has 2 heterocycles. The summed E-state index contributed by atoms with van der Waals surface area (Å²) in [6.45, 7) is 1.96. The number of aryl methyl sites for hydroxylation is 1. The van der Waals surface area contributed by atoms with E-state index in [0.717, 1.165) is 11.1 Å². The maximum Gasteiger partial charge on any atom is 0.258 e. The number of nitrogens with two attached hydrogens (primary N) is 2. The van der Waals surface area contributed by atoms with Crippen LogP contribution in [0.25, 0.3) is 0 Å². The predicted octanol–water partition coefficient (Wildman–Crippen LogP) is 0.912. The van der Waals surface area contributed by atoms with Gasteiger partial charge in [0.1, 0.15) is 11.6 Å². The zero-order valence-corrected chi connectivity index (χ0v) is 11.8. The van der Waals surface area contributed by atoms with Crippen molar-refractivity contribution in [3.63, 3.8) is 0 Å². The number of nitriles is 1. The lowest BCUT2D eigenvalue weighted by Crippen LogP contribution is -2.30. The number of hydrogen-bond acceptors (Lipinski definition) is 6. The summed E-state index contributed by atoms with van der Waals surface area (Å²) in [5.74, 6) is -0.118. The monoisotopic (exact) mass is 294 g/mol. The van der Waals surface area contributed by atoms with Crippen molar-refractivity contribution >= 4 is 11.8 Å². The molecule has 2 aromatic rings. The Morgan fingerprint density at radius 1 is 1.27 bits per heavy atom. The number of benzene rings is 1. The number of H-pyrrole nitrogens is 1. The van der Waals surface area contributed by atoms with Crippen molar-refractivity contribution in [3.05, 3.63) is 62.7 Å². The SMILES string of the molecule is Cc1ccc(C2C(C#N)=C(N)Nc3nc(N)[nH]c(=O)c32)cc1. The van der Waals surface area contributed by atoms with Gasteiger partial charge in [-0.25, -0.2) is 0 Å². The standard InChI is InChI=1S/C15H14N6O/c1-7-2-4-8(5-3-7)10-9(6-16)12(17)19-13-11(10)14(22)21-15(18)20-13/h2-5,10H,17H2,1H3,(H4,18,19,20,21,22). The van der Waals surface area contributed by atoms with Gasteiger partial charge in [0.2, 0.25) is 5.95 Å². The maximum absolute atomic E-state index is 12.3. The van der Waals surface area contributed by atoms with Crippen molar-refractivity contribution in [2.75, 3.05) is 11.1 Å². The van der Waals surface area contributed by atoms with Gasteiger partial charge in [-0.3, -0.25) is 9.78 Å². The minimum atomic E-state index is -0.571. The Morgan fingerprint density at radius 2 is 1.95 bits per heavy atom. The molecule has 0 fully saturated rings. The van der Waals surface area contributed by atoms with E-state index in [1.807, 2.05) is 31.2 Å². The van der Waals surface area contributed by atoms with Crippen LogP contribution < -0.4 is 22.3 Å². The Hall–Kier alpha value is -3.27. The highest BCUT2D eigenvalue weighted by Crippen LogP contribution is 2.37. The molecule has 22 heavy (non-hydrogen) atoms. The molecule has 1 unspecified atom stereocenters. The van der Waals surface area contributed by atoms with E-state index in [2.05, 4.69) is 21.4 Å². The molecule has 6 N–H and O–H groups in total. The van der Waals surface area contributed by atoms with Gasteiger partial charge >= 0.3 is 0 Å². The number of allylic oxidation sites excluding steroid dienone is 1. The number of hydrogen-bond donors (Lipinski definition) is 4. The van der Waals surface area contributed by atoms with Gasteiger partial charge in [-0.1, -0.05) is 29.8 Å². The third-order valence-corrected chi connectivity index (χ3v) is 3.63. The number of anilines is 2. The molecule has 1 aromatic carbocycles. The van der Waals surface area contributed by atoms with Crippen LogP contribution in [-0.4, -0.2) is 9.97 Å². The second kappa shape index (κ2) is 4.93. The summed E-state index contributed by atoms with van der Waals surface area (Å²) < 4.78 is 0. The Kier molecular flexibility index (Phi) is 3.07. The van der Waals surface area contributed by atoms with Crippen molar-refractivity contribution < 1.29 is 0 Å². The van der Waals surface area contributed by atoms with Crippen molar-refractivity contribution in [2.24, 2.45) is 5.73 Å². The van der Waals surface area contributed by atoms with E-state index in [9.17, 15) is 10.1 Å². The minimum Gasteiger partial charge on any atom is -0.384 e. The van der Waals surface area contributed by atoms with Crippen LogP contribution in [0.4, 0.5) is 11.8 Å². The fourth-order valence-electron chi connectivity index (χ4n) is 2.57. The van der Waals surface area contributed by atoms with Crippen molar-refractivity contribution in [1.29, 1.82) is 5.26 Å². The van der Waals surface area contributed by atoms with Crippen LogP contribution in [0.15, 0.2) is 40.5 Å². The molecule has 7 nitrogen and oxygen atoms in total. The van der Waals surface area contributed by atoms with Crippen molar-refractivity contribution in [2.45, 2.75) is 12.8 Å². The highest BCUT2D eigenvalue weighted by atomic mass is 16.1. The van der Waals surface area contributed by atoms with Gasteiger partial charge in [0.15, 0.2) is 0 Å². The molecule has 0 spiro atoms. The molecule has 3 rings (SSSR count). The first-order chi connectivity index (χ1) is 10.5. The molecule has 110 valence electrons. The number of nitrogens with zero attached hydrogens (tertiary/aromatic N) is 2. The molecule has 7 heteroatoms. The molecule has 1 aliphatic heterocycles. The number of aromatic amines is 1. The predicted molar refractivity (Wildman–Crippen MR) is 82.7 cm³/mol. The second-order valence-corrected chi connectivity index (χ2v) is 5.12. The number of fused-ring (bicyclic) bond motifs is 1. The Labute approximate surface area is 126 Å². The van der Waals surface area contributed by atoms with Crippen LogP contribution >= 0.6 is 0 Å². The van der Waals surface area contributed by atoms with Gasteiger partial charge in [0.25, 0.3) is 5.56 Å². The number of nitrogens with one attached hydrogen (secondary N) is 2. The summed E-state index contributed by atoms with van der Waals surface area (Å²) in [5.41, 5.74) is 13.6. The molecule has 0 radical (unpaired) electrons. The van der Waals surface area contributed by atoms with Crippen molar-refractivity contribution in [1.82, 2.24) is 9.97 Å². The van der Waals surface area contributed by atoms with Gasteiger partial charge < -0.3 is 16.8 Å². The lowest BCUT2D eigenvalue weighted by atomic mass is 9.84. The molecule has 0 bridgehead atoms. The van der Waals surface area contributed by atoms with E-state index < -0.39 is 5.92 Å². The fraction of sp³-hybridized carbons (Fsp3) is 0.133. The topological polar surface area (TPSA) is 134 Å². The minimum absolute atomic E-state index is 0.00730. The van der Waals surface area contributed by atoms with E-state index in [-0.39, 0.29) is 28.7 Å². The molecule has 1 atom stereocenters. The molecular formula is C15H14N6O. The lowest BCUT2D eigenvalue weighted by Gasteiger charge is -2.26. The third-order valence-electron chi connectivity index (χ3n) is 3.63. The number of aromatic nitrogens is 2. The molecule has 0 amide bonds. The molecule has 1 aliphatic rings. The normalized spacial score (nSPS) is 16.6. The first-order valence-electron chi connectivity index (χ1n) is 6.64. The van der Waals surface area contributed by atoms with Crippen LogP contribution in [0.5, 0.6) is 0 Å². The lowest BCUT2D eigenvalue weighted by molar-refractivity contribution is 0.884. The zero-order valence-electron chi connectivity index (χ0n) is 11.8. The smallest absolute Gasteiger partial charge is 0.258 e. The van der Waals surface area contributed by atoms with Crippen LogP contribution in [0.1, 0.15) is 22.6 Å². The highest BCUT2D eigenvalue weighted by Gasteiger charge is 2.32. The van der Waals surface area contributed by atoms with Gasteiger partial charge in [-0.15, -0.1) is 0 Å². The van der Waals surface area contributed by atoms with E-state index in [4.69, 9.17) is 11.5 Å². The molecule has 0 saturated carbocycles. The Morgan fingerprint density at radius 3 is 2.59 bits per heavy atom. The van der Waals surface area contributed by atoms with Crippen LogP contribution in [0.3, 0.4) is 0 Å². The van der Waals surface area contributed by atoms with Gasteiger partial charge in [-0.05, 0) is 12.5 Å². The zero-order chi connectivity index (χ0) is 15.9. The van der Waals surface area contributed by atoms with E-state index in [0.29, 0.717) is 5.56 Å². The summed E-state index contributed by atoms with van der Waals surface area (Å²) in [7, 11) is 0. The van der Waals surface area contributed by atoms with E-state index in [1.54, 1.807) is 0 Å². The third kappa shape index (κ3) is 2.07. The molecule has 0 saturated heterocycles. The van der Waals surface area contributed by atoms with E-state index >= 15 is 0 Å². The van der Waals surface area contributed by atoms with Gasteiger partial charge in [-0.2, -0.15) is 10.2 Å². The van der Waals surface area contributed by atoms with Gasteiger partial charge in [0, 0.05) is 0 Å². The first kappa shape index (κ1) is 13.7. The summed E-state index contributed by atoms with van der Waals surface area (Å²) >= 11 is 0. The highest BCUT2D eigenvalue weighted by molar-refractivity contribution is 5.64. The summed E-state index contributed by atoms with van der Waals surface area (Å²) in [6.07, 6.45) is 0. The largest absolute Gasteiger partial charge is 0.384 e. The quantitative estimate of drug-likeness (QED) is 0.617. The Balaban J connectivity index is 2.29. The molecule has 1 aromatic heterocycles. The first-order valence-corrected chi connectivity index (χ1v) is 6.64. The average Bonchev–Trinajstić information content (AvgIpc) is 2.46. The van der Waals surface area contributed by atoms with Gasteiger partial charge in [0.05, 0.1) is 23.1 Å². The van der Waals surface area contributed by atoms with E-state index in [1.165, 1.54) is 0 Å². The fourth-order valence-corrected chi connectivity index (χ4v) is 2.57. The molecule has 0 aliphatic carbocycles. The number of rotatable bonds is 1. The summed E-state index contributed by atoms with van der Waals surface area (Å²) in [5, 5.41) is 12.2. The van der Waals surface area contributed by atoms with Crippen LogP contribution in [0, 0.1) is 18.3 Å². The Bertz CT molecular complexity index is 872. The van der Waals surface area contributed by atoms with Crippen molar-refractivity contribution in [3.8, 4) is 6.07 Å². The second-order valence-electron chi connectivity index (χ2n) is 5.12. The number of nitrogen functional groups attached to an aromatic ring is 1. The molecular weight excluding hydrogens is 280 g/mol. The average molecular weight is 294 g/mol. The summed E-state index contributed by atoms with van der Waals surface area (Å²) in [6, 6.07) is 9.66.